The summed E-state index contributed by atoms with van der Waals surface area (Å²) in [6.07, 6.45) is 3.96. The number of esters is 1. The van der Waals surface area contributed by atoms with E-state index in [1.54, 1.807) is 60.5 Å². The lowest BCUT2D eigenvalue weighted by molar-refractivity contribution is 0.0319. The van der Waals surface area contributed by atoms with Gasteiger partial charge in [-0.1, -0.05) is 48.5 Å². The lowest BCUT2D eigenvalue weighted by Crippen LogP contribution is -2.24. The summed E-state index contributed by atoms with van der Waals surface area (Å²) in [4.78, 5) is 29.7. The maximum absolute atomic E-state index is 13.0. The minimum atomic E-state index is -0.929. The highest BCUT2D eigenvalue weighted by molar-refractivity contribution is 6.02. The zero-order valence-electron chi connectivity index (χ0n) is 16.3. The molecule has 0 aliphatic heterocycles. The molecular weight excluding hydrogens is 378 g/mol. The predicted molar refractivity (Wildman–Crippen MR) is 112 cm³/mol. The number of para-hydroxylation sites is 1. The molecule has 0 fully saturated rings. The Balaban J connectivity index is 1.66. The summed E-state index contributed by atoms with van der Waals surface area (Å²) in [5, 5.41) is 4.57. The van der Waals surface area contributed by atoms with Crippen LogP contribution in [0, 0.1) is 0 Å². The molecule has 4 rings (SSSR count). The second-order valence-electron chi connectivity index (χ2n) is 6.69. The van der Waals surface area contributed by atoms with Gasteiger partial charge < -0.3 is 4.74 Å². The Morgan fingerprint density at radius 1 is 0.933 bits per heavy atom. The van der Waals surface area contributed by atoms with Gasteiger partial charge >= 0.3 is 5.97 Å². The number of pyridine rings is 1. The summed E-state index contributed by atoms with van der Waals surface area (Å²) in [6, 6.07) is 21.8. The molecule has 0 radical (unpaired) electrons. The van der Waals surface area contributed by atoms with Crippen LogP contribution in [-0.4, -0.2) is 32.6 Å². The van der Waals surface area contributed by atoms with Crippen molar-refractivity contribution >= 4 is 11.8 Å². The molecule has 30 heavy (non-hydrogen) atoms. The van der Waals surface area contributed by atoms with Gasteiger partial charge in [0.1, 0.15) is 11.3 Å². The minimum absolute atomic E-state index is 0.262. The van der Waals surface area contributed by atoms with E-state index in [1.165, 1.54) is 0 Å². The highest BCUT2D eigenvalue weighted by Crippen LogP contribution is 2.24. The standard InChI is InChI=1S/C24H19N3O3/c1-17(23(28)18-9-4-2-5-10-18)30-24(29)21-16-27(20-12-6-3-7-13-20)26-22(21)19-11-8-14-25-15-19/h2-17H,1H3/t17-/m1/s1. The Kier molecular flexibility index (Phi) is 5.48. The van der Waals surface area contributed by atoms with E-state index in [0.717, 1.165) is 5.69 Å². The maximum Gasteiger partial charge on any atom is 0.342 e. The third-order valence-electron chi connectivity index (χ3n) is 4.60. The number of carbonyl (C=O) groups is 2. The van der Waals surface area contributed by atoms with Gasteiger partial charge in [0.15, 0.2) is 6.10 Å². The molecule has 1 atom stereocenters. The summed E-state index contributed by atoms with van der Waals surface area (Å²) in [5.41, 5.74) is 2.68. The Bertz CT molecular complexity index is 1160. The van der Waals surface area contributed by atoms with E-state index in [1.807, 2.05) is 42.5 Å². The van der Waals surface area contributed by atoms with Crippen molar-refractivity contribution in [2.24, 2.45) is 0 Å². The number of ether oxygens (including phenoxy) is 1. The number of aromatic nitrogens is 3. The van der Waals surface area contributed by atoms with Gasteiger partial charge in [-0.3, -0.25) is 9.78 Å². The van der Waals surface area contributed by atoms with Crippen LogP contribution in [0.2, 0.25) is 0 Å². The van der Waals surface area contributed by atoms with Crippen LogP contribution in [0.1, 0.15) is 27.6 Å². The van der Waals surface area contributed by atoms with Crippen molar-refractivity contribution in [2.75, 3.05) is 0 Å². The van der Waals surface area contributed by atoms with Crippen LogP contribution in [0.25, 0.3) is 16.9 Å². The number of rotatable bonds is 6. The second kappa shape index (κ2) is 8.53. The van der Waals surface area contributed by atoms with Crippen LogP contribution >= 0.6 is 0 Å². The molecular formula is C24H19N3O3. The summed E-state index contributed by atoms with van der Waals surface area (Å²) < 4.78 is 7.12. The molecule has 0 spiro atoms. The third kappa shape index (κ3) is 4.03. The van der Waals surface area contributed by atoms with E-state index >= 15 is 0 Å². The van der Waals surface area contributed by atoms with Crippen LogP contribution in [-0.2, 0) is 4.74 Å². The van der Waals surface area contributed by atoms with Gasteiger partial charge in [0.2, 0.25) is 5.78 Å². The molecule has 2 aromatic heterocycles. The van der Waals surface area contributed by atoms with E-state index in [9.17, 15) is 9.59 Å². The first-order chi connectivity index (χ1) is 14.6. The van der Waals surface area contributed by atoms with Gasteiger partial charge in [0.25, 0.3) is 0 Å². The van der Waals surface area contributed by atoms with E-state index in [-0.39, 0.29) is 11.3 Å². The first-order valence-electron chi connectivity index (χ1n) is 9.49. The molecule has 0 unspecified atom stereocenters. The minimum Gasteiger partial charge on any atom is -0.451 e. The van der Waals surface area contributed by atoms with E-state index in [0.29, 0.717) is 16.8 Å². The molecule has 0 saturated carbocycles. The first-order valence-corrected chi connectivity index (χ1v) is 9.49. The van der Waals surface area contributed by atoms with Crippen molar-refractivity contribution in [3.8, 4) is 16.9 Å². The van der Waals surface area contributed by atoms with Gasteiger partial charge in [-0.15, -0.1) is 0 Å². The number of hydrogen-bond acceptors (Lipinski definition) is 5. The monoisotopic (exact) mass is 397 g/mol. The third-order valence-corrected chi connectivity index (χ3v) is 4.60. The molecule has 0 N–H and O–H groups in total. The SMILES string of the molecule is C[C@@H](OC(=O)c1cn(-c2ccccc2)nc1-c1cccnc1)C(=O)c1ccccc1. The molecule has 2 aromatic carbocycles. The Hall–Kier alpha value is -4.06. The van der Waals surface area contributed by atoms with Gasteiger partial charge in [0, 0.05) is 29.7 Å². The zero-order valence-corrected chi connectivity index (χ0v) is 16.3. The van der Waals surface area contributed by atoms with Gasteiger partial charge in [-0.2, -0.15) is 5.10 Å². The number of hydrogen-bond donors (Lipinski definition) is 0. The van der Waals surface area contributed by atoms with Crippen LogP contribution in [0.5, 0.6) is 0 Å². The zero-order chi connectivity index (χ0) is 20.9. The van der Waals surface area contributed by atoms with Gasteiger partial charge in [-0.05, 0) is 31.2 Å². The fraction of sp³-hybridized carbons (Fsp3) is 0.0833. The van der Waals surface area contributed by atoms with Crippen LogP contribution < -0.4 is 0 Å². The number of ketones is 1. The smallest absolute Gasteiger partial charge is 0.342 e. The Labute approximate surface area is 173 Å². The van der Waals surface area contributed by atoms with Gasteiger partial charge in [0.05, 0.1) is 5.69 Å². The van der Waals surface area contributed by atoms with Crippen molar-refractivity contribution in [1.29, 1.82) is 0 Å². The number of benzene rings is 2. The van der Waals surface area contributed by atoms with Crippen molar-refractivity contribution in [3.05, 3.63) is 103 Å². The van der Waals surface area contributed by atoms with Crippen molar-refractivity contribution in [3.63, 3.8) is 0 Å². The largest absolute Gasteiger partial charge is 0.451 e. The van der Waals surface area contributed by atoms with Crippen molar-refractivity contribution in [1.82, 2.24) is 14.8 Å². The first kappa shape index (κ1) is 19.3. The Morgan fingerprint density at radius 3 is 2.30 bits per heavy atom. The van der Waals surface area contributed by atoms with Crippen molar-refractivity contribution in [2.45, 2.75) is 13.0 Å². The van der Waals surface area contributed by atoms with Crippen LogP contribution in [0.15, 0.2) is 91.4 Å². The summed E-state index contributed by atoms with van der Waals surface area (Å²) >= 11 is 0. The summed E-state index contributed by atoms with van der Waals surface area (Å²) in [6.45, 7) is 1.57. The van der Waals surface area contributed by atoms with Gasteiger partial charge in [-0.25, -0.2) is 9.48 Å². The van der Waals surface area contributed by atoms with Crippen LogP contribution in [0.3, 0.4) is 0 Å². The fourth-order valence-electron chi connectivity index (χ4n) is 3.07. The van der Waals surface area contributed by atoms with E-state index in [2.05, 4.69) is 10.1 Å². The number of nitrogens with zero attached hydrogens (tertiary/aromatic N) is 3. The molecule has 6 nitrogen and oxygen atoms in total. The molecule has 148 valence electrons. The number of Topliss-reactive ketones (excluding diaryl/α,β-unsaturated/α-hetero) is 1. The highest BCUT2D eigenvalue weighted by atomic mass is 16.5. The molecule has 0 amide bonds. The van der Waals surface area contributed by atoms with E-state index < -0.39 is 12.1 Å². The average molecular weight is 397 g/mol. The van der Waals surface area contributed by atoms with E-state index in [4.69, 9.17) is 4.74 Å². The topological polar surface area (TPSA) is 74.1 Å². The molecule has 0 aliphatic carbocycles. The fourth-order valence-corrected chi connectivity index (χ4v) is 3.07. The number of carbonyl (C=O) groups excluding carboxylic acids is 2. The average Bonchev–Trinajstić information content (AvgIpc) is 3.26. The molecule has 0 saturated heterocycles. The molecule has 0 bridgehead atoms. The predicted octanol–water partition coefficient (Wildman–Crippen LogP) is 4.36. The normalized spacial score (nSPS) is 11.6. The molecule has 2 heterocycles. The maximum atomic E-state index is 13.0. The molecule has 4 aromatic rings. The summed E-state index contributed by atoms with van der Waals surface area (Å²) in [7, 11) is 0. The highest BCUT2D eigenvalue weighted by Gasteiger charge is 2.25. The quantitative estimate of drug-likeness (QED) is 0.357. The molecule has 6 heteroatoms. The lowest BCUT2D eigenvalue weighted by atomic mass is 10.1. The summed E-state index contributed by atoms with van der Waals surface area (Å²) in [5.74, 6) is -0.879. The molecule has 0 aliphatic rings. The van der Waals surface area contributed by atoms with Crippen molar-refractivity contribution < 1.29 is 14.3 Å². The van der Waals surface area contributed by atoms with Crippen LogP contribution in [0.4, 0.5) is 0 Å². The second-order valence-corrected chi connectivity index (χ2v) is 6.69. The Morgan fingerprint density at radius 2 is 1.63 bits per heavy atom. The lowest BCUT2D eigenvalue weighted by Gasteiger charge is -2.12.